The van der Waals surface area contributed by atoms with Crippen LogP contribution in [0.1, 0.15) is 37.6 Å². The van der Waals surface area contributed by atoms with Gasteiger partial charge in [0.1, 0.15) is 23.7 Å². The number of nitrogens with zero attached hydrogens (tertiary/aromatic N) is 2. The Hall–Kier alpha value is -2.48. The van der Waals surface area contributed by atoms with Crippen LogP contribution >= 0.6 is 11.3 Å². The fraction of sp³-hybridized carbons (Fsp3) is 0.474. The zero-order valence-corrected chi connectivity index (χ0v) is 15.9. The molecule has 2 atom stereocenters. The van der Waals surface area contributed by atoms with E-state index in [1.165, 1.54) is 11.3 Å². The van der Waals surface area contributed by atoms with E-state index in [4.69, 9.17) is 4.74 Å². The maximum absolute atomic E-state index is 12.9. The van der Waals surface area contributed by atoms with Crippen molar-refractivity contribution in [3.8, 4) is 0 Å². The lowest BCUT2D eigenvalue weighted by Gasteiger charge is -2.36. The van der Waals surface area contributed by atoms with Gasteiger partial charge in [0.05, 0.1) is 10.2 Å². The third kappa shape index (κ3) is 3.18. The molecular weight excluding hydrogens is 366 g/mol. The van der Waals surface area contributed by atoms with E-state index in [0.29, 0.717) is 11.4 Å². The number of rotatable bonds is 4. The Labute approximate surface area is 160 Å². The molecule has 2 heterocycles. The number of hydrogen-bond donors (Lipinski definition) is 1. The largest absolute Gasteiger partial charge is 0.457 e. The van der Waals surface area contributed by atoms with Gasteiger partial charge in [0.15, 0.2) is 0 Å². The molecule has 2 aromatic rings. The van der Waals surface area contributed by atoms with E-state index in [1.807, 2.05) is 31.2 Å². The Morgan fingerprint density at radius 2 is 2.19 bits per heavy atom. The van der Waals surface area contributed by atoms with Crippen molar-refractivity contribution in [2.75, 3.05) is 6.54 Å². The molecule has 1 aromatic carbocycles. The van der Waals surface area contributed by atoms with Gasteiger partial charge in [-0.3, -0.25) is 14.5 Å². The fourth-order valence-electron chi connectivity index (χ4n) is 3.94. The predicted octanol–water partition coefficient (Wildman–Crippen LogP) is 2.84. The summed E-state index contributed by atoms with van der Waals surface area (Å²) in [7, 11) is 0. The van der Waals surface area contributed by atoms with Crippen molar-refractivity contribution in [3.05, 3.63) is 29.3 Å². The zero-order chi connectivity index (χ0) is 19.0. The molecule has 8 heteroatoms. The summed E-state index contributed by atoms with van der Waals surface area (Å²) >= 11 is 1.45. The molecule has 2 fully saturated rings. The average molecular weight is 387 g/mol. The Balaban J connectivity index is 1.39. The number of benzene rings is 1. The average Bonchev–Trinajstić information content (AvgIpc) is 3.17. The summed E-state index contributed by atoms with van der Waals surface area (Å²) in [5, 5.41) is 3.51. The van der Waals surface area contributed by atoms with Crippen molar-refractivity contribution in [2.24, 2.45) is 5.92 Å². The number of fused-ring (bicyclic) bond motifs is 1. The van der Waals surface area contributed by atoms with E-state index in [-0.39, 0.29) is 25.0 Å². The number of nitrogens with one attached hydrogen (secondary N) is 1. The molecule has 142 valence electrons. The highest BCUT2D eigenvalue weighted by atomic mass is 32.1. The molecule has 1 saturated heterocycles. The Bertz CT molecular complexity index is 878. The molecule has 1 aliphatic carbocycles. The smallest absolute Gasteiger partial charge is 0.326 e. The normalized spacial score (nSPS) is 25.2. The maximum Gasteiger partial charge on any atom is 0.326 e. The van der Waals surface area contributed by atoms with Crippen LogP contribution in [0, 0.1) is 5.92 Å². The molecule has 7 nitrogen and oxygen atoms in total. The van der Waals surface area contributed by atoms with Crippen LogP contribution in [0.5, 0.6) is 0 Å². The van der Waals surface area contributed by atoms with Gasteiger partial charge >= 0.3 is 12.0 Å². The molecular formula is C19H21N3O4S. The second kappa shape index (κ2) is 6.92. The number of imide groups is 1. The zero-order valence-electron chi connectivity index (χ0n) is 15.1. The number of hydrogen-bond acceptors (Lipinski definition) is 6. The third-order valence-corrected chi connectivity index (χ3v) is 6.49. The van der Waals surface area contributed by atoms with Gasteiger partial charge in [-0.05, 0) is 30.9 Å². The lowest BCUT2D eigenvalue weighted by atomic mass is 9.73. The van der Waals surface area contributed by atoms with Gasteiger partial charge < -0.3 is 10.1 Å². The SMILES string of the molecule is C[C@@H]1CCCC[C@]12NC(=O)N(CC(=O)OCc1nc3ccccc3s1)C2=O. The topological polar surface area (TPSA) is 88.6 Å². The number of carbonyl (C=O) groups excluding carboxylic acids is 3. The second-order valence-electron chi connectivity index (χ2n) is 7.18. The van der Waals surface area contributed by atoms with Crippen LogP contribution in [0.4, 0.5) is 4.79 Å². The standard InChI is InChI=1S/C19H21N3O4S/c1-12-6-4-5-9-19(12)17(24)22(18(25)21-19)10-16(23)26-11-15-20-13-7-2-3-8-14(13)27-15/h2-3,7-8,12H,4-6,9-11H2,1H3,(H,21,25)/t12-,19+/m1/s1. The number of ether oxygens (including phenoxy) is 1. The van der Waals surface area contributed by atoms with Gasteiger partial charge in [-0.25, -0.2) is 9.78 Å². The molecule has 0 bridgehead atoms. The number of esters is 1. The van der Waals surface area contributed by atoms with Crippen LogP contribution in [-0.2, 0) is 20.9 Å². The molecule has 0 radical (unpaired) electrons. The minimum Gasteiger partial charge on any atom is -0.457 e. The van der Waals surface area contributed by atoms with Crippen LogP contribution in [-0.4, -0.2) is 39.9 Å². The number of aromatic nitrogens is 1. The first-order valence-corrected chi connectivity index (χ1v) is 9.95. The van der Waals surface area contributed by atoms with Crippen molar-refractivity contribution in [1.82, 2.24) is 15.2 Å². The van der Waals surface area contributed by atoms with E-state index in [0.717, 1.165) is 34.4 Å². The molecule has 1 N–H and O–H groups in total. The lowest BCUT2D eigenvalue weighted by Crippen LogP contribution is -2.54. The van der Waals surface area contributed by atoms with Crippen molar-refractivity contribution in [3.63, 3.8) is 0 Å². The van der Waals surface area contributed by atoms with Crippen LogP contribution in [0.15, 0.2) is 24.3 Å². The monoisotopic (exact) mass is 387 g/mol. The summed E-state index contributed by atoms with van der Waals surface area (Å²) in [6, 6.07) is 7.17. The molecule has 1 aliphatic heterocycles. The van der Waals surface area contributed by atoms with Gasteiger partial charge in [0.2, 0.25) is 0 Å². The van der Waals surface area contributed by atoms with E-state index < -0.39 is 17.5 Å². The molecule has 1 aromatic heterocycles. The van der Waals surface area contributed by atoms with Gasteiger partial charge in [0.25, 0.3) is 5.91 Å². The summed E-state index contributed by atoms with van der Waals surface area (Å²) in [4.78, 5) is 42.8. The van der Waals surface area contributed by atoms with Crippen molar-refractivity contribution >= 4 is 39.5 Å². The minimum absolute atomic E-state index is 0.0311. The number of para-hydroxylation sites is 1. The molecule has 27 heavy (non-hydrogen) atoms. The highest BCUT2D eigenvalue weighted by molar-refractivity contribution is 7.18. The maximum atomic E-state index is 12.9. The highest BCUT2D eigenvalue weighted by Crippen LogP contribution is 2.38. The third-order valence-electron chi connectivity index (χ3n) is 5.48. The van der Waals surface area contributed by atoms with Gasteiger partial charge in [0, 0.05) is 0 Å². The molecule has 1 saturated carbocycles. The van der Waals surface area contributed by atoms with Crippen molar-refractivity contribution in [2.45, 2.75) is 44.8 Å². The van der Waals surface area contributed by atoms with Crippen molar-refractivity contribution in [1.29, 1.82) is 0 Å². The number of amides is 3. The second-order valence-corrected chi connectivity index (χ2v) is 8.29. The summed E-state index contributed by atoms with van der Waals surface area (Å²) in [5.41, 5.74) is -0.00120. The van der Waals surface area contributed by atoms with Gasteiger partial charge in [-0.2, -0.15) is 0 Å². The molecule has 3 amide bonds. The van der Waals surface area contributed by atoms with Crippen LogP contribution in [0.2, 0.25) is 0 Å². The first kappa shape index (κ1) is 17.9. The Morgan fingerprint density at radius 3 is 2.96 bits per heavy atom. The Kier molecular flexibility index (Phi) is 4.59. The number of thiazole rings is 1. The predicted molar refractivity (Wildman–Crippen MR) is 100 cm³/mol. The van der Waals surface area contributed by atoms with Crippen LogP contribution in [0.3, 0.4) is 0 Å². The van der Waals surface area contributed by atoms with E-state index in [2.05, 4.69) is 10.3 Å². The number of urea groups is 1. The first-order chi connectivity index (χ1) is 13.0. The van der Waals surface area contributed by atoms with Crippen LogP contribution in [0.25, 0.3) is 10.2 Å². The summed E-state index contributed by atoms with van der Waals surface area (Å²) in [5.74, 6) is -0.860. The molecule has 2 aliphatic rings. The lowest BCUT2D eigenvalue weighted by molar-refractivity contribution is -0.149. The summed E-state index contributed by atoms with van der Waals surface area (Å²) in [6.07, 6.45) is 3.46. The Morgan fingerprint density at radius 1 is 1.37 bits per heavy atom. The fourth-order valence-corrected chi connectivity index (χ4v) is 4.82. The highest BCUT2D eigenvalue weighted by Gasteiger charge is 2.55. The molecule has 0 unspecified atom stereocenters. The minimum atomic E-state index is -0.858. The van der Waals surface area contributed by atoms with E-state index >= 15 is 0 Å². The molecule has 1 spiro atoms. The number of carbonyl (C=O) groups is 3. The first-order valence-electron chi connectivity index (χ1n) is 9.14. The quantitative estimate of drug-likeness (QED) is 0.644. The van der Waals surface area contributed by atoms with Crippen molar-refractivity contribution < 1.29 is 19.1 Å². The van der Waals surface area contributed by atoms with E-state index in [9.17, 15) is 14.4 Å². The van der Waals surface area contributed by atoms with Gasteiger partial charge in [-0.1, -0.05) is 31.9 Å². The molecule has 4 rings (SSSR count). The van der Waals surface area contributed by atoms with E-state index in [1.54, 1.807) is 0 Å². The van der Waals surface area contributed by atoms with Crippen LogP contribution < -0.4 is 5.32 Å². The summed E-state index contributed by atoms with van der Waals surface area (Å²) < 4.78 is 6.27. The van der Waals surface area contributed by atoms with Gasteiger partial charge in [-0.15, -0.1) is 11.3 Å². The summed E-state index contributed by atoms with van der Waals surface area (Å²) in [6.45, 7) is 1.64.